The summed E-state index contributed by atoms with van der Waals surface area (Å²) in [5.74, 6) is 0.738. The molecule has 2 heterocycles. The van der Waals surface area contributed by atoms with Crippen LogP contribution in [0.1, 0.15) is 16.1 Å². The number of Topliss-reactive ketones (excluding diaryl/α,β-unsaturated/α-hetero) is 1. The second kappa shape index (κ2) is 4.45. The fraction of sp³-hybridized carbons (Fsp3) is 0.0667. The van der Waals surface area contributed by atoms with E-state index in [2.05, 4.69) is 4.98 Å². The average Bonchev–Trinajstić information content (AvgIpc) is 2.91. The van der Waals surface area contributed by atoms with E-state index in [0.717, 1.165) is 10.9 Å². The minimum absolute atomic E-state index is 0.0516. The van der Waals surface area contributed by atoms with Crippen molar-refractivity contribution in [2.45, 2.75) is 6.42 Å². The van der Waals surface area contributed by atoms with Gasteiger partial charge in [0.15, 0.2) is 5.78 Å². The van der Waals surface area contributed by atoms with E-state index >= 15 is 0 Å². The predicted molar refractivity (Wildman–Crippen MR) is 68.5 cm³/mol. The number of furan rings is 1. The van der Waals surface area contributed by atoms with Gasteiger partial charge < -0.3 is 4.42 Å². The van der Waals surface area contributed by atoms with E-state index in [1.54, 1.807) is 30.7 Å². The van der Waals surface area contributed by atoms with E-state index in [1.165, 1.54) is 0 Å². The van der Waals surface area contributed by atoms with Crippen molar-refractivity contribution in [3.05, 3.63) is 66.2 Å². The molecule has 3 rings (SSSR count). The Labute approximate surface area is 104 Å². The van der Waals surface area contributed by atoms with Crippen LogP contribution >= 0.6 is 0 Å². The fourth-order valence-corrected chi connectivity index (χ4v) is 1.92. The van der Waals surface area contributed by atoms with Crippen LogP contribution < -0.4 is 0 Å². The molecule has 0 saturated carbocycles. The highest BCUT2D eigenvalue weighted by molar-refractivity contribution is 6.00. The minimum Gasteiger partial charge on any atom is -0.469 e. The van der Waals surface area contributed by atoms with Gasteiger partial charge in [-0.1, -0.05) is 6.07 Å². The third-order valence-electron chi connectivity index (χ3n) is 2.84. The Hall–Kier alpha value is -2.42. The van der Waals surface area contributed by atoms with Gasteiger partial charge >= 0.3 is 0 Å². The highest BCUT2D eigenvalue weighted by atomic mass is 16.3. The van der Waals surface area contributed by atoms with E-state index in [0.29, 0.717) is 17.7 Å². The Morgan fingerprint density at radius 1 is 1.17 bits per heavy atom. The van der Waals surface area contributed by atoms with Crippen molar-refractivity contribution in [2.75, 3.05) is 0 Å². The van der Waals surface area contributed by atoms with E-state index in [1.807, 2.05) is 24.3 Å². The number of carbonyl (C=O) groups is 1. The smallest absolute Gasteiger partial charge is 0.170 e. The molecule has 0 fully saturated rings. The van der Waals surface area contributed by atoms with Gasteiger partial charge in [0.2, 0.25) is 0 Å². The monoisotopic (exact) mass is 237 g/mol. The molecule has 1 aromatic carbocycles. The zero-order chi connectivity index (χ0) is 12.4. The Kier molecular flexibility index (Phi) is 2.65. The molecule has 0 atom stereocenters. The zero-order valence-electron chi connectivity index (χ0n) is 9.67. The number of aromatic nitrogens is 1. The van der Waals surface area contributed by atoms with Crippen LogP contribution in [-0.4, -0.2) is 10.8 Å². The van der Waals surface area contributed by atoms with Crippen molar-refractivity contribution in [3.63, 3.8) is 0 Å². The van der Waals surface area contributed by atoms with Crippen molar-refractivity contribution in [1.29, 1.82) is 0 Å². The van der Waals surface area contributed by atoms with Crippen molar-refractivity contribution >= 4 is 16.7 Å². The molecule has 3 heteroatoms. The number of rotatable bonds is 3. The van der Waals surface area contributed by atoms with Crippen LogP contribution in [0, 0.1) is 0 Å². The largest absolute Gasteiger partial charge is 0.469 e. The first-order valence-corrected chi connectivity index (χ1v) is 5.73. The standard InChI is InChI=1S/C15H11NO2/c17-15(10-13-4-2-8-18-13)12-5-6-14-11(9-12)3-1-7-16-14/h1-9H,10H2. The summed E-state index contributed by atoms with van der Waals surface area (Å²) in [6.07, 6.45) is 3.61. The Morgan fingerprint density at radius 2 is 2.11 bits per heavy atom. The lowest BCUT2D eigenvalue weighted by Gasteiger charge is -2.01. The molecule has 0 aliphatic heterocycles. The Bertz CT molecular complexity index is 687. The van der Waals surface area contributed by atoms with E-state index < -0.39 is 0 Å². The second-order valence-electron chi connectivity index (χ2n) is 4.09. The molecule has 0 amide bonds. The lowest BCUT2D eigenvalue weighted by atomic mass is 10.0. The fourth-order valence-electron chi connectivity index (χ4n) is 1.92. The summed E-state index contributed by atoms with van der Waals surface area (Å²) in [5.41, 5.74) is 1.58. The van der Waals surface area contributed by atoms with Gasteiger partial charge in [-0.05, 0) is 36.4 Å². The number of nitrogens with zero attached hydrogens (tertiary/aromatic N) is 1. The number of ketones is 1. The summed E-state index contributed by atoms with van der Waals surface area (Å²) in [7, 11) is 0. The van der Waals surface area contributed by atoms with Gasteiger partial charge in [0.1, 0.15) is 5.76 Å². The molecule has 0 spiro atoms. The normalized spacial score (nSPS) is 10.7. The maximum absolute atomic E-state index is 12.1. The van der Waals surface area contributed by atoms with Crippen LogP contribution in [0.25, 0.3) is 10.9 Å². The molecule has 3 aromatic rings. The Balaban J connectivity index is 1.92. The van der Waals surface area contributed by atoms with E-state index in [9.17, 15) is 4.79 Å². The molecule has 88 valence electrons. The lowest BCUT2D eigenvalue weighted by molar-refractivity contribution is 0.0987. The summed E-state index contributed by atoms with van der Waals surface area (Å²) in [6, 6.07) is 12.9. The van der Waals surface area contributed by atoms with Crippen LogP contribution in [-0.2, 0) is 6.42 Å². The highest BCUT2D eigenvalue weighted by Crippen LogP contribution is 2.15. The number of hydrogen-bond acceptors (Lipinski definition) is 3. The maximum Gasteiger partial charge on any atom is 0.170 e. The topological polar surface area (TPSA) is 43.1 Å². The Morgan fingerprint density at radius 3 is 2.94 bits per heavy atom. The molecule has 3 nitrogen and oxygen atoms in total. The quantitative estimate of drug-likeness (QED) is 0.657. The van der Waals surface area contributed by atoms with E-state index in [-0.39, 0.29) is 5.78 Å². The number of pyridine rings is 1. The summed E-state index contributed by atoms with van der Waals surface area (Å²) < 4.78 is 5.18. The van der Waals surface area contributed by atoms with Gasteiger partial charge in [0.05, 0.1) is 18.2 Å². The second-order valence-corrected chi connectivity index (χ2v) is 4.09. The zero-order valence-corrected chi connectivity index (χ0v) is 9.67. The van der Waals surface area contributed by atoms with Gasteiger partial charge in [0, 0.05) is 17.1 Å². The number of fused-ring (bicyclic) bond motifs is 1. The molecule has 0 radical (unpaired) electrons. The third kappa shape index (κ3) is 2.02. The first-order valence-electron chi connectivity index (χ1n) is 5.73. The molecular formula is C15H11NO2. The number of benzene rings is 1. The van der Waals surface area contributed by atoms with Gasteiger partial charge in [-0.25, -0.2) is 0 Å². The molecule has 0 bridgehead atoms. The highest BCUT2D eigenvalue weighted by Gasteiger charge is 2.09. The van der Waals surface area contributed by atoms with Crippen LogP contribution in [0.4, 0.5) is 0 Å². The van der Waals surface area contributed by atoms with Gasteiger partial charge in [-0.3, -0.25) is 9.78 Å². The molecular weight excluding hydrogens is 226 g/mol. The summed E-state index contributed by atoms with van der Waals surface area (Å²) in [4.78, 5) is 16.3. The molecule has 0 N–H and O–H groups in total. The van der Waals surface area contributed by atoms with Crippen molar-refractivity contribution in [3.8, 4) is 0 Å². The average molecular weight is 237 g/mol. The number of carbonyl (C=O) groups excluding carboxylic acids is 1. The van der Waals surface area contributed by atoms with Crippen molar-refractivity contribution in [1.82, 2.24) is 4.98 Å². The lowest BCUT2D eigenvalue weighted by Crippen LogP contribution is -2.02. The summed E-state index contributed by atoms with van der Waals surface area (Å²) in [6.45, 7) is 0. The molecule has 0 unspecified atom stereocenters. The van der Waals surface area contributed by atoms with Crippen LogP contribution in [0.5, 0.6) is 0 Å². The first kappa shape index (κ1) is 10.7. The molecule has 0 aliphatic rings. The van der Waals surface area contributed by atoms with Gasteiger partial charge in [-0.15, -0.1) is 0 Å². The molecule has 0 saturated heterocycles. The molecule has 2 aromatic heterocycles. The van der Waals surface area contributed by atoms with Gasteiger partial charge in [0.25, 0.3) is 0 Å². The first-order chi connectivity index (χ1) is 8.83. The summed E-state index contributed by atoms with van der Waals surface area (Å²) in [5, 5.41) is 0.975. The third-order valence-corrected chi connectivity index (χ3v) is 2.84. The predicted octanol–water partition coefficient (Wildman–Crippen LogP) is 3.25. The van der Waals surface area contributed by atoms with Crippen LogP contribution in [0.2, 0.25) is 0 Å². The van der Waals surface area contributed by atoms with Crippen molar-refractivity contribution < 1.29 is 9.21 Å². The van der Waals surface area contributed by atoms with Crippen molar-refractivity contribution in [2.24, 2.45) is 0 Å². The van der Waals surface area contributed by atoms with Gasteiger partial charge in [-0.2, -0.15) is 0 Å². The van der Waals surface area contributed by atoms with E-state index in [4.69, 9.17) is 4.42 Å². The molecule has 0 aliphatic carbocycles. The SMILES string of the molecule is O=C(Cc1ccco1)c1ccc2ncccc2c1. The maximum atomic E-state index is 12.1. The number of hydrogen-bond donors (Lipinski definition) is 0. The summed E-state index contributed by atoms with van der Waals surface area (Å²) >= 11 is 0. The van der Waals surface area contributed by atoms with Crippen LogP contribution in [0.15, 0.2) is 59.3 Å². The minimum atomic E-state index is 0.0516. The molecule has 18 heavy (non-hydrogen) atoms. The van der Waals surface area contributed by atoms with Crippen LogP contribution in [0.3, 0.4) is 0 Å².